The van der Waals surface area contributed by atoms with Crippen LogP contribution >= 0.6 is 0 Å². The molecule has 116 valence electrons. The van der Waals surface area contributed by atoms with Gasteiger partial charge in [-0.3, -0.25) is 9.59 Å². The van der Waals surface area contributed by atoms with Gasteiger partial charge in [0, 0.05) is 13.1 Å². The molecule has 0 atom stereocenters. The van der Waals surface area contributed by atoms with Crippen molar-refractivity contribution in [1.29, 1.82) is 0 Å². The van der Waals surface area contributed by atoms with Crippen LogP contribution in [0.3, 0.4) is 0 Å². The lowest BCUT2D eigenvalue weighted by atomic mass is 10.1. The fourth-order valence-corrected chi connectivity index (χ4v) is 1.92. The minimum atomic E-state index is -0.251. The van der Waals surface area contributed by atoms with Crippen LogP contribution in [0.2, 0.25) is 0 Å². The SMILES string of the molecule is CCCCNC(=O)CC(=O)NCCc1ccccc1OC. The molecule has 0 heterocycles. The Bertz CT molecular complexity index is 461. The van der Waals surface area contributed by atoms with Gasteiger partial charge in [-0.15, -0.1) is 0 Å². The predicted molar refractivity (Wildman–Crippen MR) is 82.2 cm³/mol. The number of hydrogen-bond acceptors (Lipinski definition) is 3. The first kappa shape index (κ1) is 17.0. The molecule has 0 aromatic heterocycles. The number of unbranched alkanes of at least 4 members (excludes halogenated alkanes) is 1. The van der Waals surface area contributed by atoms with Crippen molar-refractivity contribution in [2.75, 3.05) is 20.2 Å². The first-order valence-electron chi connectivity index (χ1n) is 7.32. The zero-order valence-electron chi connectivity index (χ0n) is 12.8. The molecule has 0 aliphatic carbocycles. The number of rotatable bonds is 9. The summed E-state index contributed by atoms with van der Waals surface area (Å²) < 4.78 is 5.25. The van der Waals surface area contributed by atoms with E-state index in [2.05, 4.69) is 17.6 Å². The highest BCUT2D eigenvalue weighted by molar-refractivity contribution is 5.96. The second kappa shape index (κ2) is 9.80. The van der Waals surface area contributed by atoms with Gasteiger partial charge in [0.1, 0.15) is 12.2 Å². The highest BCUT2D eigenvalue weighted by Crippen LogP contribution is 2.17. The number of ether oxygens (including phenoxy) is 1. The molecule has 0 saturated carbocycles. The quantitative estimate of drug-likeness (QED) is 0.537. The van der Waals surface area contributed by atoms with E-state index in [9.17, 15) is 9.59 Å². The lowest BCUT2D eigenvalue weighted by Gasteiger charge is -2.09. The number of carbonyl (C=O) groups excluding carboxylic acids is 2. The number of amides is 2. The molecular formula is C16H24N2O3. The Morgan fingerprint density at radius 2 is 1.76 bits per heavy atom. The molecular weight excluding hydrogens is 268 g/mol. The third-order valence-electron chi connectivity index (χ3n) is 3.08. The van der Waals surface area contributed by atoms with Crippen LogP contribution in [0.25, 0.3) is 0 Å². The number of carbonyl (C=O) groups is 2. The zero-order chi connectivity index (χ0) is 15.5. The molecule has 1 aromatic carbocycles. The molecule has 5 nitrogen and oxygen atoms in total. The largest absolute Gasteiger partial charge is 0.496 e. The summed E-state index contributed by atoms with van der Waals surface area (Å²) >= 11 is 0. The molecule has 0 aliphatic heterocycles. The van der Waals surface area contributed by atoms with Gasteiger partial charge < -0.3 is 15.4 Å². The standard InChI is InChI=1S/C16H24N2O3/c1-3-4-10-17-15(19)12-16(20)18-11-9-13-7-5-6-8-14(13)21-2/h5-8H,3-4,9-12H2,1-2H3,(H,17,19)(H,18,20). The molecule has 2 N–H and O–H groups in total. The van der Waals surface area contributed by atoms with E-state index in [1.807, 2.05) is 24.3 Å². The van der Waals surface area contributed by atoms with Crippen molar-refractivity contribution >= 4 is 11.8 Å². The monoisotopic (exact) mass is 292 g/mol. The van der Waals surface area contributed by atoms with Gasteiger partial charge in [-0.05, 0) is 24.5 Å². The molecule has 5 heteroatoms. The molecule has 0 aliphatic rings. The summed E-state index contributed by atoms with van der Waals surface area (Å²) in [6, 6.07) is 7.68. The Kier molecular flexibility index (Phi) is 7.94. The van der Waals surface area contributed by atoms with E-state index in [1.54, 1.807) is 7.11 Å². The average Bonchev–Trinajstić information content (AvgIpc) is 2.48. The van der Waals surface area contributed by atoms with Crippen LogP contribution in [-0.4, -0.2) is 32.0 Å². The summed E-state index contributed by atoms with van der Waals surface area (Å²) in [7, 11) is 1.62. The first-order chi connectivity index (χ1) is 10.2. The van der Waals surface area contributed by atoms with Crippen LogP contribution in [0.5, 0.6) is 5.75 Å². The summed E-state index contributed by atoms with van der Waals surface area (Å²) in [6.45, 7) is 3.17. The topological polar surface area (TPSA) is 67.4 Å². The minimum absolute atomic E-state index is 0.115. The van der Waals surface area contributed by atoms with Gasteiger partial charge in [-0.25, -0.2) is 0 Å². The van der Waals surface area contributed by atoms with Crippen molar-refractivity contribution in [2.45, 2.75) is 32.6 Å². The van der Waals surface area contributed by atoms with Crippen molar-refractivity contribution in [1.82, 2.24) is 10.6 Å². The van der Waals surface area contributed by atoms with E-state index < -0.39 is 0 Å². The van der Waals surface area contributed by atoms with Crippen molar-refractivity contribution < 1.29 is 14.3 Å². The Morgan fingerprint density at radius 1 is 1.10 bits per heavy atom. The smallest absolute Gasteiger partial charge is 0.229 e. The normalized spacial score (nSPS) is 10.0. The Morgan fingerprint density at radius 3 is 2.43 bits per heavy atom. The average molecular weight is 292 g/mol. The van der Waals surface area contributed by atoms with Crippen molar-refractivity contribution in [3.05, 3.63) is 29.8 Å². The molecule has 0 bridgehead atoms. The number of hydrogen-bond donors (Lipinski definition) is 2. The Balaban J connectivity index is 2.25. The van der Waals surface area contributed by atoms with E-state index in [1.165, 1.54) is 0 Å². The van der Waals surface area contributed by atoms with Gasteiger partial charge in [0.25, 0.3) is 0 Å². The van der Waals surface area contributed by atoms with E-state index in [-0.39, 0.29) is 18.2 Å². The van der Waals surface area contributed by atoms with Crippen LogP contribution in [0.1, 0.15) is 31.7 Å². The van der Waals surface area contributed by atoms with Gasteiger partial charge in [-0.1, -0.05) is 31.5 Å². The number of para-hydroxylation sites is 1. The second-order valence-electron chi connectivity index (χ2n) is 4.79. The maximum Gasteiger partial charge on any atom is 0.229 e. The van der Waals surface area contributed by atoms with E-state index in [0.29, 0.717) is 19.5 Å². The summed E-state index contributed by atoms with van der Waals surface area (Å²) in [5, 5.41) is 5.47. The molecule has 2 amide bonds. The molecule has 0 fully saturated rings. The van der Waals surface area contributed by atoms with Crippen molar-refractivity contribution in [3.8, 4) is 5.75 Å². The number of benzene rings is 1. The van der Waals surface area contributed by atoms with E-state index in [0.717, 1.165) is 24.2 Å². The maximum atomic E-state index is 11.6. The summed E-state index contributed by atoms with van der Waals surface area (Å²) in [6.07, 6.45) is 2.51. The lowest BCUT2D eigenvalue weighted by molar-refractivity contribution is -0.129. The number of nitrogens with one attached hydrogen (secondary N) is 2. The first-order valence-corrected chi connectivity index (χ1v) is 7.32. The molecule has 0 unspecified atom stereocenters. The fourth-order valence-electron chi connectivity index (χ4n) is 1.92. The van der Waals surface area contributed by atoms with Crippen LogP contribution in [0.4, 0.5) is 0 Å². The van der Waals surface area contributed by atoms with Gasteiger partial charge >= 0.3 is 0 Å². The van der Waals surface area contributed by atoms with Crippen LogP contribution < -0.4 is 15.4 Å². The third kappa shape index (κ3) is 6.79. The molecule has 1 rings (SSSR count). The maximum absolute atomic E-state index is 11.6. The highest BCUT2D eigenvalue weighted by atomic mass is 16.5. The predicted octanol–water partition coefficient (Wildman–Crippen LogP) is 1.66. The molecule has 1 aromatic rings. The van der Waals surface area contributed by atoms with Gasteiger partial charge in [0.2, 0.25) is 11.8 Å². The van der Waals surface area contributed by atoms with Gasteiger partial charge in [-0.2, -0.15) is 0 Å². The summed E-state index contributed by atoms with van der Waals surface area (Å²) in [4.78, 5) is 23.1. The van der Waals surface area contributed by atoms with Crippen molar-refractivity contribution in [2.24, 2.45) is 0 Å². The molecule has 0 spiro atoms. The zero-order valence-corrected chi connectivity index (χ0v) is 12.8. The molecule has 0 radical (unpaired) electrons. The van der Waals surface area contributed by atoms with Gasteiger partial charge in [0.05, 0.1) is 7.11 Å². The highest BCUT2D eigenvalue weighted by Gasteiger charge is 2.08. The minimum Gasteiger partial charge on any atom is -0.496 e. The Labute approximate surface area is 126 Å². The number of methoxy groups -OCH3 is 1. The fraction of sp³-hybridized carbons (Fsp3) is 0.500. The molecule has 21 heavy (non-hydrogen) atoms. The summed E-state index contributed by atoms with van der Waals surface area (Å²) in [5.74, 6) is 0.334. The molecule has 0 saturated heterocycles. The van der Waals surface area contributed by atoms with Crippen LogP contribution in [0.15, 0.2) is 24.3 Å². The van der Waals surface area contributed by atoms with E-state index in [4.69, 9.17) is 4.74 Å². The second-order valence-corrected chi connectivity index (χ2v) is 4.79. The third-order valence-corrected chi connectivity index (χ3v) is 3.08. The Hall–Kier alpha value is -2.04. The lowest BCUT2D eigenvalue weighted by Crippen LogP contribution is -2.33. The van der Waals surface area contributed by atoms with Gasteiger partial charge in [0.15, 0.2) is 0 Å². The van der Waals surface area contributed by atoms with Crippen LogP contribution in [-0.2, 0) is 16.0 Å². The summed E-state index contributed by atoms with van der Waals surface area (Å²) in [5.41, 5.74) is 1.03. The van der Waals surface area contributed by atoms with Crippen molar-refractivity contribution in [3.63, 3.8) is 0 Å². The van der Waals surface area contributed by atoms with E-state index >= 15 is 0 Å². The van der Waals surface area contributed by atoms with Crippen LogP contribution in [0, 0.1) is 0 Å².